The molecular formula is C10H14IN3O. The van der Waals surface area contributed by atoms with Gasteiger partial charge in [-0.3, -0.25) is 0 Å². The van der Waals surface area contributed by atoms with Crippen LogP contribution in [0.5, 0.6) is 0 Å². The summed E-state index contributed by atoms with van der Waals surface area (Å²) in [5, 5.41) is 0. The Morgan fingerprint density at radius 1 is 1.47 bits per heavy atom. The van der Waals surface area contributed by atoms with Crippen molar-refractivity contribution in [2.24, 2.45) is 5.92 Å². The molecule has 0 saturated heterocycles. The van der Waals surface area contributed by atoms with Crippen molar-refractivity contribution < 1.29 is 4.74 Å². The van der Waals surface area contributed by atoms with Crippen molar-refractivity contribution in [2.75, 3.05) is 12.8 Å². The number of nitrogen functional groups attached to an aromatic ring is 1. The van der Waals surface area contributed by atoms with E-state index in [1.165, 1.54) is 12.8 Å². The molecule has 2 N–H and O–H groups in total. The first-order valence-electron chi connectivity index (χ1n) is 5.00. The van der Waals surface area contributed by atoms with Gasteiger partial charge in [0.1, 0.15) is 11.6 Å². The fraction of sp³-hybridized carbons (Fsp3) is 0.600. The number of methoxy groups -OCH3 is 1. The Hall–Kier alpha value is -0.430. The van der Waals surface area contributed by atoms with Gasteiger partial charge in [-0.25, -0.2) is 9.97 Å². The van der Waals surface area contributed by atoms with Crippen molar-refractivity contribution in [3.05, 3.63) is 15.1 Å². The first kappa shape index (κ1) is 11.1. The van der Waals surface area contributed by atoms with E-state index in [0.29, 0.717) is 12.4 Å². The van der Waals surface area contributed by atoms with Gasteiger partial charge in [0.15, 0.2) is 0 Å². The average molecular weight is 319 g/mol. The van der Waals surface area contributed by atoms with Gasteiger partial charge in [-0.15, -0.1) is 0 Å². The van der Waals surface area contributed by atoms with E-state index in [9.17, 15) is 0 Å². The maximum atomic E-state index is 5.83. The maximum Gasteiger partial charge on any atom is 0.140 e. The summed E-state index contributed by atoms with van der Waals surface area (Å²) in [7, 11) is 1.66. The number of nitrogens with two attached hydrogens (primary N) is 1. The van der Waals surface area contributed by atoms with Gasteiger partial charge < -0.3 is 10.5 Å². The van der Waals surface area contributed by atoms with Gasteiger partial charge in [0, 0.05) is 13.5 Å². The summed E-state index contributed by atoms with van der Waals surface area (Å²) in [5.41, 5.74) is 6.74. The Labute approximate surface area is 103 Å². The monoisotopic (exact) mass is 319 g/mol. The molecule has 15 heavy (non-hydrogen) atoms. The average Bonchev–Trinajstić information content (AvgIpc) is 2.98. The van der Waals surface area contributed by atoms with Crippen LogP contribution in [0.2, 0.25) is 0 Å². The van der Waals surface area contributed by atoms with Crippen LogP contribution >= 0.6 is 22.6 Å². The van der Waals surface area contributed by atoms with Crippen molar-refractivity contribution in [1.29, 1.82) is 0 Å². The molecule has 1 aromatic rings. The first-order chi connectivity index (χ1) is 7.20. The van der Waals surface area contributed by atoms with E-state index in [0.717, 1.165) is 27.4 Å². The molecule has 1 fully saturated rings. The van der Waals surface area contributed by atoms with Crippen LogP contribution in [0, 0.1) is 9.49 Å². The molecule has 1 aromatic heterocycles. The zero-order chi connectivity index (χ0) is 10.8. The van der Waals surface area contributed by atoms with Gasteiger partial charge in [0.25, 0.3) is 0 Å². The third kappa shape index (κ3) is 2.78. The molecule has 82 valence electrons. The number of hydrogen-bond acceptors (Lipinski definition) is 4. The van der Waals surface area contributed by atoms with Crippen molar-refractivity contribution in [3.63, 3.8) is 0 Å². The summed E-state index contributed by atoms with van der Waals surface area (Å²) in [5.74, 6) is 2.22. The molecular weight excluding hydrogens is 305 g/mol. The molecule has 2 rings (SSSR count). The molecule has 1 saturated carbocycles. The fourth-order valence-electron chi connectivity index (χ4n) is 1.47. The molecule has 0 atom stereocenters. The number of hydrogen-bond donors (Lipinski definition) is 1. The second kappa shape index (κ2) is 4.61. The lowest BCUT2D eigenvalue weighted by Gasteiger charge is -2.07. The minimum atomic E-state index is 0.503. The predicted molar refractivity (Wildman–Crippen MR) is 66.3 cm³/mol. The van der Waals surface area contributed by atoms with E-state index in [4.69, 9.17) is 10.5 Å². The van der Waals surface area contributed by atoms with Crippen LogP contribution in [0.15, 0.2) is 0 Å². The highest BCUT2D eigenvalue weighted by Gasteiger charge is 2.23. The van der Waals surface area contributed by atoms with E-state index in [2.05, 4.69) is 32.6 Å². The van der Waals surface area contributed by atoms with Gasteiger partial charge in [-0.2, -0.15) is 0 Å². The van der Waals surface area contributed by atoms with Crippen molar-refractivity contribution in [2.45, 2.75) is 25.9 Å². The molecule has 4 nitrogen and oxygen atoms in total. The third-order valence-corrected chi connectivity index (χ3v) is 3.62. The number of nitrogens with zero attached hydrogens (tertiary/aromatic N) is 2. The molecule has 0 spiro atoms. The summed E-state index contributed by atoms with van der Waals surface area (Å²) in [6.07, 6.45) is 3.56. The number of rotatable bonds is 4. The Balaban J connectivity index is 2.23. The van der Waals surface area contributed by atoms with Crippen molar-refractivity contribution in [3.8, 4) is 0 Å². The highest BCUT2D eigenvalue weighted by Crippen LogP contribution is 2.32. The Morgan fingerprint density at radius 3 is 2.80 bits per heavy atom. The zero-order valence-corrected chi connectivity index (χ0v) is 10.8. The predicted octanol–water partition coefficient (Wildman–Crippen LogP) is 1.76. The number of ether oxygens (including phenoxy) is 1. The van der Waals surface area contributed by atoms with Crippen LogP contribution in [-0.4, -0.2) is 17.1 Å². The van der Waals surface area contributed by atoms with E-state index in [1.54, 1.807) is 7.11 Å². The molecule has 0 amide bonds. The molecule has 0 unspecified atom stereocenters. The summed E-state index contributed by atoms with van der Waals surface area (Å²) in [6.45, 7) is 0.503. The topological polar surface area (TPSA) is 61.0 Å². The summed E-state index contributed by atoms with van der Waals surface area (Å²) >= 11 is 2.16. The van der Waals surface area contributed by atoms with Crippen LogP contribution in [-0.2, 0) is 17.8 Å². The quantitative estimate of drug-likeness (QED) is 0.859. The molecule has 1 aliphatic rings. The van der Waals surface area contributed by atoms with Crippen LogP contribution in [0.3, 0.4) is 0 Å². The maximum absolute atomic E-state index is 5.83. The molecule has 1 heterocycles. The molecule has 0 aromatic carbocycles. The highest BCUT2D eigenvalue weighted by molar-refractivity contribution is 14.1. The third-order valence-electron chi connectivity index (χ3n) is 2.44. The smallest absolute Gasteiger partial charge is 0.140 e. The van der Waals surface area contributed by atoms with Crippen LogP contribution in [0.25, 0.3) is 0 Å². The Bertz CT molecular complexity index is 366. The van der Waals surface area contributed by atoms with E-state index in [-0.39, 0.29) is 0 Å². The number of anilines is 1. The van der Waals surface area contributed by atoms with Crippen LogP contribution < -0.4 is 5.73 Å². The Morgan fingerprint density at radius 2 is 2.20 bits per heavy atom. The van der Waals surface area contributed by atoms with Gasteiger partial charge in [-0.05, 0) is 41.4 Å². The lowest BCUT2D eigenvalue weighted by molar-refractivity contribution is 0.180. The van der Waals surface area contributed by atoms with Gasteiger partial charge in [0.05, 0.1) is 15.9 Å². The number of halogens is 1. The van der Waals surface area contributed by atoms with Gasteiger partial charge >= 0.3 is 0 Å². The zero-order valence-electron chi connectivity index (χ0n) is 8.66. The lowest BCUT2D eigenvalue weighted by atomic mass is 10.2. The van der Waals surface area contributed by atoms with Crippen molar-refractivity contribution in [1.82, 2.24) is 9.97 Å². The normalized spacial score (nSPS) is 15.6. The molecule has 0 aliphatic heterocycles. The minimum Gasteiger partial charge on any atom is -0.383 e. The minimum absolute atomic E-state index is 0.503. The summed E-state index contributed by atoms with van der Waals surface area (Å²) in [6, 6.07) is 0. The second-order valence-electron chi connectivity index (χ2n) is 3.87. The largest absolute Gasteiger partial charge is 0.383 e. The van der Waals surface area contributed by atoms with Gasteiger partial charge in [-0.1, -0.05) is 0 Å². The second-order valence-corrected chi connectivity index (χ2v) is 4.95. The van der Waals surface area contributed by atoms with Crippen molar-refractivity contribution >= 4 is 28.4 Å². The SMILES string of the molecule is COCc1nc(CC2CC2)nc(N)c1I. The summed E-state index contributed by atoms with van der Waals surface area (Å²) < 4.78 is 6.00. The van der Waals surface area contributed by atoms with Crippen LogP contribution in [0.1, 0.15) is 24.4 Å². The fourth-order valence-corrected chi connectivity index (χ4v) is 1.87. The standard InChI is InChI=1S/C10H14IN3O/c1-15-5-7-9(11)10(12)14-8(13-7)4-6-2-3-6/h6H,2-5H2,1H3,(H2,12,13,14). The number of aromatic nitrogens is 2. The molecule has 1 aliphatic carbocycles. The van der Waals surface area contributed by atoms with E-state index >= 15 is 0 Å². The van der Waals surface area contributed by atoms with Crippen LogP contribution in [0.4, 0.5) is 5.82 Å². The van der Waals surface area contributed by atoms with Gasteiger partial charge in [0.2, 0.25) is 0 Å². The Kier molecular flexibility index (Phi) is 3.40. The summed E-state index contributed by atoms with van der Waals surface area (Å²) in [4.78, 5) is 8.78. The molecule has 0 bridgehead atoms. The van der Waals surface area contributed by atoms with E-state index in [1.807, 2.05) is 0 Å². The molecule has 5 heteroatoms. The molecule has 0 radical (unpaired) electrons. The first-order valence-corrected chi connectivity index (χ1v) is 6.08. The lowest BCUT2D eigenvalue weighted by Crippen LogP contribution is -2.08. The van der Waals surface area contributed by atoms with E-state index < -0.39 is 0 Å². The highest BCUT2D eigenvalue weighted by atomic mass is 127.